The van der Waals surface area contributed by atoms with Crippen molar-refractivity contribution in [3.8, 4) is 0 Å². The Morgan fingerprint density at radius 1 is 1.42 bits per heavy atom. The third-order valence-electron chi connectivity index (χ3n) is 3.93. The van der Waals surface area contributed by atoms with Gasteiger partial charge in [0.15, 0.2) is 0 Å². The van der Waals surface area contributed by atoms with E-state index < -0.39 is 0 Å². The molecule has 2 nitrogen and oxygen atoms in total. The molecular weight excluding hydrogens is 320 g/mol. The molecule has 102 valence electrons. The van der Waals surface area contributed by atoms with E-state index in [0.29, 0.717) is 6.04 Å². The fourth-order valence-corrected chi connectivity index (χ4v) is 4.40. The maximum atomic E-state index is 3.62. The van der Waals surface area contributed by atoms with Crippen LogP contribution in [0.25, 0.3) is 0 Å². The Labute approximate surface area is 127 Å². The van der Waals surface area contributed by atoms with Crippen LogP contribution in [0.4, 0.5) is 0 Å². The highest BCUT2D eigenvalue weighted by Crippen LogP contribution is 2.30. The van der Waals surface area contributed by atoms with Crippen LogP contribution in [0.1, 0.15) is 41.3 Å². The molecule has 0 aromatic carbocycles. The Hall–Kier alpha value is -0.580. The maximum absolute atomic E-state index is 3.62. The lowest BCUT2D eigenvalue weighted by Gasteiger charge is -2.13. The predicted molar refractivity (Wildman–Crippen MR) is 84.9 cm³/mol. The van der Waals surface area contributed by atoms with Gasteiger partial charge in [-0.1, -0.05) is 6.42 Å². The van der Waals surface area contributed by atoms with E-state index in [1.54, 1.807) is 0 Å². The molecule has 0 amide bonds. The fourth-order valence-electron chi connectivity index (χ4n) is 2.91. The van der Waals surface area contributed by atoms with Crippen LogP contribution in [-0.2, 0) is 13.0 Å². The summed E-state index contributed by atoms with van der Waals surface area (Å²) >= 11 is 5.44. The van der Waals surface area contributed by atoms with E-state index in [0.717, 1.165) is 6.54 Å². The van der Waals surface area contributed by atoms with E-state index in [1.165, 1.54) is 46.2 Å². The second kappa shape index (κ2) is 5.81. The van der Waals surface area contributed by atoms with E-state index in [9.17, 15) is 0 Å². The molecule has 0 spiro atoms. The molecule has 1 atom stereocenters. The predicted octanol–water partition coefficient (Wildman–Crippen LogP) is 4.35. The summed E-state index contributed by atoms with van der Waals surface area (Å²) in [5.41, 5.74) is 3.04. The second-order valence-electron chi connectivity index (χ2n) is 5.19. The quantitative estimate of drug-likeness (QED) is 0.823. The van der Waals surface area contributed by atoms with Gasteiger partial charge < -0.3 is 9.88 Å². The average molecular weight is 339 g/mol. The van der Waals surface area contributed by atoms with Gasteiger partial charge in [-0.05, 0) is 64.8 Å². The Balaban J connectivity index is 1.87. The Bertz CT molecular complexity index is 558. The summed E-state index contributed by atoms with van der Waals surface area (Å²) in [7, 11) is 2.08. The second-order valence-corrected chi connectivity index (χ2v) is 7.04. The van der Waals surface area contributed by atoms with Crippen molar-refractivity contribution < 1.29 is 0 Å². The molecule has 1 unspecified atom stereocenters. The van der Waals surface area contributed by atoms with Crippen LogP contribution >= 0.6 is 27.3 Å². The first-order valence-corrected chi connectivity index (χ1v) is 8.53. The van der Waals surface area contributed by atoms with Gasteiger partial charge in [0, 0.05) is 27.8 Å². The fraction of sp³-hybridized carbons (Fsp3) is 0.467. The van der Waals surface area contributed by atoms with E-state index in [1.807, 2.05) is 11.3 Å². The number of hydrogen-bond donors (Lipinski definition) is 1. The summed E-state index contributed by atoms with van der Waals surface area (Å²) in [6.45, 7) is 0.974. The van der Waals surface area contributed by atoms with Crippen LogP contribution in [0.5, 0.6) is 0 Å². The van der Waals surface area contributed by atoms with Crippen molar-refractivity contribution in [2.45, 2.75) is 38.3 Å². The molecule has 2 aromatic heterocycles. The van der Waals surface area contributed by atoms with E-state index in [-0.39, 0.29) is 0 Å². The molecule has 4 heteroatoms. The van der Waals surface area contributed by atoms with Crippen molar-refractivity contribution in [1.82, 2.24) is 9.88 Å². The summed E-state index contributed by atoms with van der Waals surface area (Å²) in [4.78, 5) is 1.39. The zero-order chi connectivity index (χ0) is 13.2. The Morgan fingerprint density at radius 3 is 3.05 bits per heavy atom. The number of thiophene rings is 1. The SMILES string of the molecule is CNC1CCCCc2cn(Cc3sccc3Br)cc21. The van der Waals surface area contributed by atoms with Crippen LogP contribution in [0.2, 0.25) is 0 Å². The first-order valence-electron chi connectivity index (χ1n) is 6.85. The topological polar surface area (TPSA) is 17.0 Å². The van der Waals surface area contributed by atoms with E-state index >= 15 is 0 Å². The first kappa shape index (κ1) is 13.4. The van der Waals surface area contributed by atoms with Crippen molar-refractivity contribution in [3.05, 3.63) is 44.3 Å². The summed E-state index contributed by atoms with van der Waals surface area (Å²) in [5.74, 6) is 0. The molecule has 0 radical (unpaired) electrons. The monoisotopic (exact) mass is 338 g/mol. The highest BCUT2D eigenvalue weighted by atomic mass is 79.9. The maximum Gasteiger partial charge on any atom is 0.0575 e. The van der Waals surface area contributed by atoms with E-state index in [2.05, 4.69) is 56.7 Å². The lowest BCUT2D eigenvalue weighted by molar-refractivity contribution is 0.531. The lowest BCUT2D eigenvalue weighted by atomic mass is 10.1. The number of aromatic nitrogens is 1. The van der Waals surface area contributed by atoms with Gasteiger partial charge in [0.2, 0.25) is 0 Å². The summed E-state index contributed by atoms with van der Waals surface area (Å²) in [6, 6.07) is 2.66. The summed E-state index contributed by atoms with van der Waals surface area (Å²) < 4.78 is 3.57. The van der Waals surface area contributed by atoms with Crippen molar-refractivity contribution >= 4 is 27.3 Å². The standard InChI is InChI=1S/C15H19BrN2S/c1-17-14-5-3-2-4-11-8-18(9-12(11)14)10-15-13(16)6-7-19-15/h6-9,14,17H,2-5,10H2,1H3. The number of hydrogen-bond acceptors (Lipinski definition) is 2. The molecule has 1 N–H and O–H groups in total. The normalized spacial score (nSPS) is 19.2. The van der Waals surface area contributed by atoms with Crippen LogP contribution in [0, 0.1) is 0 Å². The molecule has 1 aliphatic carbocycles. The number of fused-ring (bicyclic) bond motifs is 1. The molecule has 0 aliphatic heterocycles. The third-order valence-corrected chi connectivity index (χ3v) is 5.84. The van der Waals surface area contributed by atoms with Gasteiger partial charge in [-0.2, -0.15) is 0 Å². The number of rotatable bonds is 3. The van der Waals surface area contributed by atoms with Crippen LogP contribution in [0.3, 0.4) is 0 Å². The first-order chi connectivity index (χ1) is 9.28. The minimum Gasteiger partial charge on any atom is -0.348 e. The highest BCUT2D eigenvalue weighted by molar-refractivity contribution is 9.10. The van der Waals surface area contributed by atoms with Crippen molar-refractivity contribution in [1.29, 1.82) is 0 Å². The highest BCUT2D eigenvalue weighted by Gasteiger charge is 2.19. The Kier molecular flexibility index (Phi) is 4.10. The van der Waals surface area contributed by atoms with Crippen molar-refractivity contribution in [2.24, 2.45) is 0 Å². The van der Waals surface area contributed by atoms with E-state index in [4.69, 9.17) is 0 Å². The molecule has 2 aromatic rings. The van der Waals surface area contributed by atoms with Crippen molar-refractivity contribution in [2.75, 3.05) is 7.05 Å². The molecule has 0 fully saturated rings. The van der Waals surface area contributed by atoms with Crippen molar-refractivity contribution in [3.63, 3.8) is 0 Å². The molecule has 0 saturated heterocycles. The largest absolute Gasteiger partial charge is 0.348 e. The zero-order valence-electron chi connectivity index (χ0n) is 11.2. The number of halogens is 1. The van der Waals surface area contributed by atoms with Crippen LogP contribution in [-0.4, -0.2) is 11.6 Å². The molecule has 0 saturated carbocycles. The minimum atomic E-state index is 0.533. The lowest BCUT2D eigenvalue weighted by Crippen LogP contribution is -2.15. The molecule has 1 aliphatic rings. The van der Waals surface area contributed by atoms with Gasteiger partial charge in [0.1, 0.15) is 0 Å². The molecule has 19 heavy (non-hydrogen) atoms. The molecule has 3 rings (SSSR count). The van der Waals surface area contributed by atoms with Gasteiger partial charge in [-0.3, -0.25) is 0 Å². The average Bonchev–Trinajstić information content (AvgIpc) is 2.93. The molecule has 2 heterocycles. The van der Waals surface area contributed by atoms with Gasteiger partial charge in [-0.25, -0.2) is 0 Å². The van der Waals surface area contributed by atoms with Crippen LogP contribution in [0.15, 0.2) is 28.3 Å². The van der Waals surface area contributed by atoms with Gasteiger partial charge in [0.05, 0.1) is 6.54 Å². The minimum absolute atomic E-state index is 0.533. The van der Waals surface area contributed by atoms with Gasteiger partial charge in [-0.15, -0.1) is 11.3 Å². The zero-order valence-corrected chi connectivity index (χ0v) is 13.6. The number of nitrogens with one attached hydrogen (secondary N) is 1. The molecule has 0 bridgehead atoms. The Morgan fingerprint density at radius 2 is 2.32 bits per heavy atom. The summed E-state index contributed by atoms with van der Waals surface area (Å²) in [5, 5.41) is 5.61. The number of nitrogens with zero attached hydrogens (tertiary/aromatic N) is 1. The molecular formula is C15H19BrN2S. The summed E-state index contributed by atoms with van der Waals surface area (Å²) in [6.07, 6.45) is 9.82. The van der Waals surface area contributed by atoms with Gasteiger partial charge in [0.25, 0.3) is 0 Å². The van der Waals surface area contributed by atoms with Crippen LogP contribution < -0.4 is 5.32 Å². The number of aryl methyl sites for hydroxylation is 1. The third kappa shape index (κ3) is 2.81. The smallest absolute Gasteiger partial charge is 0.0575 e. The van der Waals surface area contributed by atoms with Gasteiger partial charge >= 0.3 is 0 Å².